The van der Waals surface area contributed by atoms with Gasteiger partial charge in [-0.15, -0.1) is 0 Å². The third-order valence-electron chi connectivity index (χ3n) is 3.30. The van der Waals surface area contributed by atoms with E-state index in [0.717, 1.165) is 16.7 Å². The smallest absolute Gasteiger partial charge is 0.269 e. The van der Waals surface area contributed by atoms with Gasteiger partial charge in [-0.1, -0.05) is 29.8 Å². The maximum absolute atomic E-state index is 11.9. The van der Waals surface area contributed by atoms with Crippen molar-refractivity contribution in [3.05, 3.63) is 52.3 Å². The van der Waals surface area contributed by atoms with E-state index in [1.165, 1.54) is 11.8 Å². The second kappa shape index (κ2) is 6.70. The molecule has 2 aromatic rings. The summed E-state index contributed by atoms with van der Waals surface area (Å²) in [5.41, 5.74) is 4.35. The van der Waals surface area contributed by atoms with E-state index < -0.39 is 0 Å². The summed E-state index contributed by atoms with van der Waals surface area (Å²) in [5, 5.41) is 11.8. The van der Waals surface area contributed by atoms with Gasteiger partial charge in [0.2, 0.25) is 0 Å². The van der Waals surface area contributed by atoms with Gasteiger partial charge in [0.25, 0.3) is 5.91 Å². The SMILES string of the molecule is Cc1ccc(-c2cc(C(=O)NCCO)ncc2Cl)cc1C. The van der Waals surface area contributed by atoms with Crippen LogP contribution in [0.5, 0.6) is 0 Å². The third-order valence-corrected chi connectivity index (χ3v) is 3.60. The van der Waals surface area contributed by atoms with Gasteiger partial charge >= 0.3 is 0 Å². The minimum absolute atomic E-state index is 0.108. The van der Waals surface area contributed by atoms with Crippen molar-refractivity contribution in [2.45, 2.75) is 13.8 Å². The number of carbonyl (C=O) groups is 1. The number of pyridine rings is 1. The van der Waals surface area contributed by atoms with Crippen molar-refractivity contribution in [1.29, 1.82) is 0 Å². The van der Waals surface area contributed by atoms with E-state index in [1.807, 2.05) is 32.0 Å². The van der Waals surface area contributed by atoms with Crippen LogP contribution in [0.15, 0.2) is 30.5 Å². The van der Waals surface area contributed by atoms with E-state index >= 15 is 0 Å². The highest BCUT2D eigenvalue weighted by Crippen LogP contribution is 2.29. The minimum atomic E-state index is -0.328. The molecule has 4 nitrogen and oxygen atoms in total. The van der Waals surface area contributed by atoms with Gasteiger partial charge in [0.15, 0.2) is 0 Å². The lowest BCUT2D eigenvalue weighted by Crippen LogP contribution is -2.27. The van der Waals surface area contributed by atoms with Crippen LogP contribution in [0, 0.1) is 13.8 Å². The summed E-state index contributed by atoms with van der Waals surface area (Å²) in [4.78, 5) is 15.9. The molecular formula is C16H17ClN2O2. The second-order valence-corrected chi connectivity index (χ2v) is 5.24. The number of aliphatic hydroxyl groups is 1. The number of halogens is 1. The summed E-state index contributed by atoms with van der Waals surface area (Å²) in [6.45, 7) is 4.16. The lowest BCUT2D eigenvalue weighted by Gasteiger charge is -2.09. The van der Waals surface area contributed by atoms with Gasteiger partial charge in [0, 0.05) is 18.3 Å². The van der Waals surface area contributed by atoms with Gasteiger partial charge in [-0.25, -0.2) is 4.98 Å². The molecule has 0 bridgehead atoms. The fourth-order valence-electron chi connectivity index (χ4n) is 1.95. The monoisotopic (exact) mass is 304 g/mol. The van der Waals surface area contributed by atoms with Gasteiger partial charge in [-0.05, 0) is 36.6 Å². The molecule has 1 heterocycles. The summed E-state index contributed by atoms with van der Waals surface area (Å²) in [6.07, 6.45) is 1.47. The number of carbonyl (C=O) groups excluding carboxylic acids is 1. The molecule has 0 aliphatic heterocycles. The van der Waals surface area contributed by atoms with Crippen LogP contribution in [0.25, 0.3) is 11.1 Å². The number of hydrogen-bond donors (Lipinski definition) is 2. The predicted octanol–water partition coefficient (Wildman–Crippen LogP) is 2.74. The second-order valence-electron chi connectivity index (χ2n) is 4.83. The number of rotatable bonds is 4. The molecule has 2 rings (SSSR count). The molecule has 0 fully saturated rings. The number of hydrogen-bond acceptors (Lipinski definition) is 3. The van der Waals surface area contributed by atoms with Gasteiger partial charge in [0.1, 0.15) is 5.69 Å². The third kappa shape index (κ3) is 3.60. The lowest BCUT2D eigenvalue weighted by molar-refractivity contribution is 0.0940. The molecule has 0 aliphatic rings. The Kier molecular flexibility index (Phi) is 4.94. The highest BCUT2D eigenvalue weighted by Gasteiger charge is 2.12. The summed E-state index contributed by atoms with van der Waals surface area (Å²) in [5.74, 6) is -0.328. The molecule has 0 radical (unpaired) electrons. The number of nitrogens with zero attached hydrogens (tertiary/aromatic N) is 1. The highest BCUT2D eigenvalue weighted by molar-refractivity contribution is 6.33. The van der Waals surface area contributed by atoms with Crippen LogP contribution in [0.1, 0.15) is 21.6 Å². The topological polar surface area (TPSA) is 62.2 Å². The van der Waals surface area contributed by atoms with E-state index in [0.29, 0.717) is 5.02 Å². The van der Waals surface area contributed by atoms with Crippen molar-refractivity contribution >= 4 is 17.5 Å². The van der Waals surface area contributed by atoms with Crippen LogP contribution in [0.3, 0.4) is 0 Å². The maximum Gasteiger partial charge on any atom is 0.269 e. The molecule has 0 unspecified atom stereocenters. The van der Waals surface area contributed by atoms with Crippen LogP contribution in [0.2, 0.25) is 5.02 Å². The Morgan fingerprint density at radius 2 is 2.05 bits per heavy atom. The minimum Gasteiger partial charge on any atom is -0.395 e. The van der Waals surface area contributed by atoms with Crippen molar-refractivity contribution in [3.63, 3.8) is 0 Å². The number of aliphatic hydroxyl groups excluding tert-OH is 1. The normalized spacial score (nSPS) is 10.5. The fraction of sp³-hybridized carbons (Fsp3) is 0.250. The first-order valence-electron chi connectivity index (χ1n) is 6.65. The largest absolute Gasteiger partial charge is 0.395 e. The molecule has 1 aromatic heterocycles. The molecule has 0 aliphatic carbocycles. The van der Waals surface area contributed by atoms with Crippen molar-refractivity contribution in [2.24, 2.45) is 0 Å². The highest BCUT2D eigenvalue weighted by atomic mass is 35.5. The standard InChI is InChI=1S/C16H17ClN2O2/c1-10-3-4-12(7-11(10)2)13-8-15(19-9-14(13)17)16(21)18-5-6-20/h3-4,7-9,20H,5-6H2,1-2H3,(H,18,21). The van der Waals surface area contributed by atoms with E-state index in [-0.39, 0.29) is 24.8 Å². The molecule has 0 saturated carbocycles. The summed E-state index contributed by atoms with van der Waals surface area (Å²) >= 11 is 6.20. The molecule has 1 amide bonds. The fourth-order valence-corrected chi connectivity index (χ4v) is 2.17. The Bertz CT molecular complexity index is 671. The molecule has 21 heavy (non-hydrogen) atoms. The van der Waals surface area contributed by atoms with Crippen LogP contribution < -0.4 is 5.32 Å². The van der Waals surface area contributed by atoms with E-state index in [4.69, 9.17) is 16.7 Å². The average molecular weight is 305 g/mol. The van der Waals surface area contributed by atoms with Gasteiger partial charge in [-0.3, -0.25) is 4.79 Å². The Balaban J connectivity index is 2.39. The molecule has 110 valence electrons. The van der Waals surface area contributed by atoms with Crippen molar-refractivity contribution < 1.29 is 9.90 Å². The van der Waals surface area contributed by atoms with Crippen LogP contribution >= 0.6 is 11.6 Å². The number of nitrogens with one attached hydrogen (secondary N) is 1. The molecular weight excluding hydrogens is 288 g/mol. The van der Waals surface area contributed by atoms with Crippen molar-refractivity contribution in [1.82, 2.24) is 10.3 Å². The summed E-state index contributed by atoms with van der Waals surface area (Å²) in [6, 6.07) is 7.69. The zero-order valence-corrected chi connectivity index (χ0v) is 12.7. The Hall–Kier alpha value is -1.91. The van der Waals surface area contributed by atoms with Gasteiger partial charge in [0.05, 0.1) is 11.6 Å². The van der Waals surface area contributed by atoms with Gasteiger partial charge in [-0.2, -0.15) is 0 Å². The summed E-state index contributed by atoms with van der Waals surface area (Å²) in [7, 11) is 0. The molecule has 0 saturated heterocycles. The van der Waals surface area contributed by atoms with Crippen molar-refractivity contribution in [2.75, 3.05) is 13.2 Å². The van der Waals surface area contributed by atoms with Crippen molar-refractivity contribution in [3.8, 4) is 11.1 Å². The van der Waals surface area contributed by atoms with Gasteiger partial charge < -0.3 is 10.4 Å². The lowest BCUT2D eigenvalue weighted by atomic mass is 10.0. The maximum atomic E-state index is 11.9. The Morgan fingerprint density at radius 3 is 2.71 bits per heavy atom. The van der Waals surface area contributed by atoms with E-state index in [9.17, 15) is 4.79 Å². The number of aryl methyl sites for hydroxylation is 2. The molecule has 2 N–H and O–H groups in total. The first-order chi connectivity index (χ1) is 10.0. The zero-order valence-electron chi connectivity index (χ0n) is 12.0. The number of amides is 1. The molecule has 0 atom stereocenters. The van der Waals surface area contributed by atoms with E-state index in [2.05, 4.69) is 10.3 Å². The summed E-state index contributed by atoms with van der Waals surface area (Å²) < 4.78 is 0. The van der Waals surface area contributed by atoms with Crippen LogP contribution in [-0.4, -0.2) is 29.1 Å². The molecule has 5 heteroatoms. The molecule has 0 spiro atoms. The zero-order chi connectivity index (χ0) is 15.4. The van der Waals surface area contributed by atoms with Crippen LogP contribution in [0.4, 0.5) is 0 Å². The quantitative estimate of drug-likeness (QED) is 0.913. The average Bonchev–Trinajstić information content (AvgIpc) is 2.48. The molecule has 1 aromatic carbocycles. The first-order valence-corrected chi connectivity index (χ1v) is 7.03. The Labute approximate surface area is 128 Å². The Morgan fingerprint density at radius 1 is 1.29 bits per heavy atom. The first kappa shape index (κ1) is 15.5. The number of aromatic nitrogens is 1. The van der Waals surface area contributed by atoms with Crippen LogP contribution in [-0.2, 0) is 0 Å². The van der Waals surface area contributed by atoms with E-state index in [1.54, 1.807) is 6.07 Å². The predicted molar refractivity (Wildman–Crippen MR) is 83.6 cm³/mol. The number of benzene rings is 1.